The predicted molar refractivity (Wildman–Crippen MR) is 126 cm³/mol. The molecule has 0 saturated carbocycles. The van der Waals surface area contributed by atoms with Crippen LogP contribution in [-0.2, 0) is 25.8 Å². The molecule has 2 amide bonds. The van der Waals surface area contributed by atoms with Crippen molar-refractivity contribution in [2.75, 3.05) is 32.4 Å². The summed E-state index contributed by atoms with van der Waals surface area (Å²) in [6.45, 7) is 2.93. The molecule has 2 aromatic rings. The van der Waals surface area contributed by atoms with Gasteiger partial charge in [-0.1, -0.05) is 12.1 Å². The highest BCUT2D eigenvalue weighted by Gasteiger charge is 2.42. The van der Waals surface area contributed by atoms with Crippen LogP contribution >= 0.6 is 11.3 Å². The van der Waals surface area contributed by atoms with Crippen molar-refractivity contribution in [2.45, 2.75) is 30.6 Å². The summed E-state index contributed by atoms with van der Waals surface area (Å²) in [5.74, 6) is 0.126. The molecule has 0 aliphatic carbocycles. The van der Waals surface area contributed by atoms with Crippen LogP contribution in [-0.4, -0.2) is 62.5 Å². The molecule has 6 nitrogen and oxygen atoms in total. The van der Waals surface area contributed by atoms with E-state index in [0.717, 1.165) is 56.6 Å². The fourth-order valence-electron chi connectivity index (χ4n) is 4.54. The molecule has 2 saturated heterocycles. The zero-order valence-electron chi connectivity index (χ0n) is 18.2. The van der Waals surface area contributed by atoms with Crippen molar-refractivity contribution >= 4 is 39.1 Å². The highest BCUT2D eigenvalue weighted by Crippen LogP contribution is 2.40. The Balaban J connectivity index is 1.28. The molecule has 0 radical (unpaired) electrons. The fourth-order valence-corrected chi connectivity index (χ4v) is 5.80. The Bertz CT molecular complexity index is 1100. The first kappa shape index (κ1) is 22.7. The Morgan fingerprint density at radius 3 is 2.28 bits per heavy atom. The van der Waals surface area contributed by atoms with Crippen molar-refractivity contribution in [3.05, 3.63) is 58.3 Å². The summed E-state index contributed by atoms with van der Waals surface area (Å²) >= 11 is 1.61. The number of likely N-dealkylation sites (tertiary alicyclic amines) is 2. The third-order valence-corrected chi connectivity index (χ3v) is 8.43. The van der Waals surface area contributed by atoms with Crippen LogP contribution in [0.4, 0.5) is 0 Å². The number of hydrogen-bond donors (Lipinski definition) is 0. The number of carbonyl (C=O) groups excluding carboxylic acids is 2. The summed E-state index contributed by atoms with van der Waals surface area (Å²) in [4.78, 5) is 29.4. The zero-order valence-corrected chi connectivity index (χ0v) is 19.8. The zero-order chi connectivity index (χ0) is 22.8. The van der Waals surface area contributed by atoms with Gasteiger partial charge in [-0.25, -0.2) is 8.42 Å². The normalized spacial score (nSPS) is 18.5. The van der Waals surface area contributed by atoms with E-state index in [0.29, 0.717) is 0 Å². The number of nitrogens with zero attached hydrogens (tertiary/aromatic N) is 2. The van der Waals surface area contributed by atoms with Crippen molar-refractivity contribution in [3.63, 3.8) is 0 Å². The Labute approximate surface area is 193 Å². The molecule has 0 atom stereocenters. The Morgan fingerprint density at radius 1 is 1.03 bits per heavy atom. The van der Waals surface area contributed by atoms with Crippen molar-refractivity contribution in [3.8, 4) is 0 Å². The number of rotatable bonds is 5. The molecule has 0 N–H and O–H groups in total. The van der Waals surface area contributed by atoms with Gasteiger partial charge in [0.1, 0.15) is 0 Å². The smallest absolute Gasteiger partial charge is 0.246 e. The predicted octanol–water partition coefficient (Wildman–Crippen LogP) is 3.25. The second-order valence-electron chi connectivity index (χ2n) is 8.87. The third-order valence-electron chi connectivity index (χ3n) is 6.60. The quantitative estimate of drug-likeness (QED) is 0.626. The maximum Gasteiger partial charge on any atom is 0.246 e. The topological polar surface area (TPSA) is 74.8 Å². The lowest BCUT2D eigenvalue weighted by atomic mass is 9.78. The first-order valence-corrected chi connectivity index (χ1v) is 13.6. The molecule has 32 heavy (non-hydrogen) atoms. The molecular weight excluding hydrogens is 444 g/mol. The van der Waals surface area contributed by atoms with Crippen LogP contribution in [0.1, 0.15) is 30.4 Å². The van der Waals surface area contributed by atoms with Gasteiger partial charge < -0.3 is 9.80 Å². The molecule has 1 aromatic carbocycles. The van der Waals surface area contributed by atoms with Crippen LogP contribution in [0.25, 0.3) is 6.08 Å². The van der Waals surface area contributed by atoms with Crippen LogP contribution in [0.2, 0.25) is 0 Å². The molecule has 2 aliphatic rings. The number of piperidine rings is 1. The summed E-state index contributed by atoms with van der Waals surface area (Å²) < 4.78 is 23.2. The minimum atomic E-state index is -3.24. The van der Waals surface area contributed by atoms with E-state index in [-0.39, 0.29) is 28.5 Å². The number of amides is 2. The summed E-state index contributed by atoms with van der Waals surface area (Å²) in [6.07, 6.45) is 7.77. The van der Waals surface area contributed by atoms with Crippen LogP contribution in [0.3, 0.4) is 0 Å². The average Bonchev–Trinajstić information content (AvgIpc) is 3.43. The van der Waals surface area contributed by atoms with Gasteiger partial charge in [-0.15, -0.1) is 0 Å². The Hall–Kier alpha value is -2.45. The monoisotopic (exact) mass is 472 g/mol. The van der Waals surface area contributed by atoms with Gasteiger partial charge in [0.15, 0.2) is 9.84 Å². The Morgan fingerprint density at radius 2 is 1.69 bits per heavy atom. The second kappa shape index (κ2) is 9.19. The maximum absolute atomic E-state index is 12.8. The molecule has 0 bridgehead atoms. The summed E-state index contributed by atoms with van der Waals surface area (Å²) in [6, 6.07) is 8.54. The van der Waals surface area contributed by atoms with Crippen molar-refractivity contribution in [1.29, 1.82) is 0 Å². The van der Waals surface area contributed by atoms with Gasteiger partial charge in [-0.2, -0.15) is 11.3 Å². The molecule has 0 unspecified atom stereocenters. The summed E-state index contributed by atoms with van der Waals surface area (Å²) in [7, 11) is -3.24. The number of thiophene rings is 1. The van der Waals surface area contributed by atoms with Gasteiger partial charge >= 0.3 is 0 Å². The fraction of sp³-hybridized carbons (Fsp3) is 0.417. The molecule has 170 valence electrons. The first-order chi connectivity index (χ1) is 15.2. The summed E-state index contributed by atoms with van der Waals surface area (Å²) in [5, 5.41) is 4.01. The largest absolute Gasteiger partial charge is 0.342 e. The number of carbonyl (C=O) groups is 2. The van der Waals surface area contributed by atoms with Gasteiger partial charge in [0.25, 0.3) is 0 Å². The van der Waals surface area contributed by atoms with E-state index >= 15 is 0 Å². The average molecular weight is 473 g/mol. The lowest BCUT2D eigenvalue weighted by Gasteiger charge is -2.39. The summed E-state index contributed by atoms with van der Waals surface area (Å²) in [5.41, 5.74) is 1.97. The van der Waals surface area contributed by atoms with E-state index < -0.39 is 9.84 Å². The van der Waals surface area contributed by atoms with E-state index in [2.05, 4.69) is 0 Å². The van der Waals surface area contributed by atoms with E-state index in [4.69, 9.17) is 0 Å². The minimum Gasteiger partial charge on any atom is -0.342 e. The lowest BCUT2D eigenvalue weighted by molar-refractivity contribution is -0.131. The van der Waals surface area contributed by atoms with E-state index in [9.17, 15) is 18.0 Å². The Kier molecular flexibility index (Phi) is 6.53. The SMILES string of the molecule is CS(=O)(=O)c1ccc(CC(=O)N2CCC3(CCN(C(=O)/C=C/c4ccsc4)CC3)C2)cc1. The van der Waals surface area contributed by atoms with Gasteiger partial charge in [0.2, 0.25) is 11.8 Å². The highest BCUT2D eigenvalue weighted by molar-refractivity contribution is 7.90. The van der Waals surface area contributed by atoms with Gasteiger partial charge in [-0.3, -0.25) is 9.59 Å². The highest BCUT2D eigenvalue weighted by atomic mass is 32.2. The van der Waals surface area contributed by atoms with Gasteiger partial charge in [0, 0.05) is 38.5 Å². The molecule has 2 aliphatic heterocycles. The second-order valence-corrected chi connectivity index (χ2v) is 11.7. The molecule has 2 fully saturated rings. The van der Waals surface area contributed by atoms with Crippen LogP contribution in [0.5, 0.6) is 0 Å². The van der Waals surface area contributed by atoms with Crippen LogP contribution in [0.15, 0.2) is 52.1 Å². The molecule has 8 heteroatoms. The van der Waals surface area contributed by atoms with Crippen LogP contribution < -0.4 is 0 Å². The van der Waals surface area contributed by atoms with Crippen molar-refractivity contribution < 1.29 is 18.0 Å². The third kappa shape index (κ3) is 5.30. The molecule has 1 aromatic heterocycles. The first-order valence-electron chi connectivity index (χ1n) is 10.8. The molecule has 1 spiro atoms. The number of hydrogen-bond acceptors (Lipinski definition) is 5. The standard InChI is InChI=1S/C24H28N2O4S2/c1-32(29,30)21-5-2-19(3-6-21)16-23(28)26-14-11-24(18-26)9-12-25(13-10-24)22(27)7-4-20-8-15-31-17-20/h2-8,15,17H,9-14,16,18H2,1H3/b7-4+. The van der Waals surface area contributed by atoms with Crippen molar-refractivity contribution in [1.82, 2.24) is 9.80 Å². The van der Waals surface area contributed by atoms with E-state index in [1.165, 1.54) is 6.26 Å². The maximum atomic E-state index is 12.8. The minimum absolute atomic E-state index is 0.0505. The van der Waals surface area contributed by atoms with E-state index in [1.807, 2.05) is 32.7 Å². The number of benzene rings is 1. The number of sulfone groups is 1. The van der Waals surface area contributed by atoms with Crippen molar-refractivity contribution in [2.24, 2.45) is 5.41 Å². The van der Waals surface area contributed by atoms with E-state index in [1.54, 1.807) is 41.7 Å². The molecule has 4 rings (SSSR count). The lowest BCUT2D eigenvalue weighted by Crippen LogP contribution is -2.44. The van der Waals surface area contributed by atoms with Gasteiger partial charge in [0.05, 0.1) is 11.3 Å². The van der Waals surface area contributed by atoms with Crippen LogP contribution in [0, 0.1) is 5.41 Å². The molecular formula is C24H28N2O4S2. The molecule has 3 heterocycles. The van der Waals surface area contributed by atoms with Gasteiger partial charge in [-0.05, 0) is 70.8 Å².